The lowest BCUT2D eigenvalue weighted by Crippen LogP contribution is -2.37. The molecule has 0 aliphatic rings. The fourth-order valence-corrected chi connectivity index (χ4v) is 5.22. The van der Waals surface area contributed by atoms with E-state index in [4.69, 9.17) is 18.5 Å². The quantitative estimate of drug-likeness (QED) is 0.0262. The number of phosphoric acid groups is 1. The van der Waals surface area contributed by atoms with Crippen molar-refractivity contribution >= 4 is 19.8 Å². The second-order valence-electron chi connectivity index (χ2n) is 12.9. The zero-order valence-electron chi connectivity index (χ0n) is 28.9. The number of phosphoric ester groups is 1. The van der Waals surface area contributed by atoms with Crippen molar-refractivity contribution < 1.29 is 42.1 Å². The Balaban J connectivity index is 4.38. The van der Waals surface area contributed by atoms with Crippen LogP contribution in [0.5, 0.6) is 0 Å². The van der Waals surface area contributed by atoms with Crippen molar-refractivity contribution in [3.63, 3.8) is 0 Å². The molecule has 0 radical (unpaired) electrons. The Bertz CT molecular complexity index is 784. The van der Waals surface area contributed by atoms with Crippen LogP contribution in [-0.2, 0) is 32.7 Å². The molecule has 0 spiro atoms. The van der Waals surface area contributed by atoms with Gasteiger partial charge in [0, 0.05) is 12.8 Å². The number of unbranched alkanes of at least 4 members (excludes halogenated alkanes) is 15. The van der Waals surface area contributed by atoms with E-state index < -0.39 is 26.5 Å². The van der Waals surface area contributed by atoms with Crippen molar-refractivity contribution in [1.29, 1.82) is 0 Å². The van der Waals surface area contributed by atoms with E-state index in [0.717, 1.165) is 64.2 Å². The molecule has 260 valence electrons. The zero-order valence-corrected chi connectivity index (χ0v) is 29.8. The molecule has 1 unspecified atom stereocenters. The van der Waals surface area contributed by atoms with Gasteiger partial charge in [-0.25, -0.2) is 4.57 Å². The van der Waals surface area contributed by atoms with Crippen molar-refractivity contribution in [1.82, 2.24) is 0 Å². The molecule has 0 aliphatic heterocycles. The molecule has 44 heavy (non-hydrogen) atoms. The molecular weight excluding hydrogens is 581 g/mol. The smallest absolute Gasteiger partial charge is 0.462 e. The Morgan fingerprint density at radius 3 is 1.68 bits per heavy atom. The van der Waals surface area contributed by atoms with E-state index in [1.54, 1.807) is 0 Å². The third-order valence-corrected chi connectivity index (χ3v) is 8.28. The Hall–Kier alpha value is -1.25. The van der Waals surface area contributed by atoms with Gasteiger partial charge in [0.05, 0.1) is 27.7 Å². The van der Waals surface area contributed by atoms with E-state index in [2.05, 4.69) is 26.0 Å². The molecule has 0 bridgehead atoms. The topological polar surface area (TPSA) is 108 Å². The van der Waals surface area contributed by atoms with Crippen LogP contribution in [-0.4, -0.2) is 74.9 Å². The highest BCUT2D eigenvalue weighted by atomic mass is 31.2. The number of likely N-dealkylation sites (N-methyl/N-ethyl adjacent to an activating group) is 1. The summed E-state index contributed by atoms with van der Waals surface area (Å²) >= 11 is 0. The highest BCUT2D eigenvalue weighted by molar-refractivity contribution is 7.47. The molecule has 0 aromatic rings. The van der Waals surface area contributed by atoms with Gasteiger partial charge in [-0.3, -0.25) is 18.6 Å². The number of quaternary nitrogens is 1. The van der Waals surface area contributed by atoms with E-state index >= 15 is 0 Å². The molecule has 0 aromatic heterocycles. The summed E-state index contributed by atoms with van der Waals surface area (Å²) in [5.74, 6) is -0.822. The fraction of sp³-hybridized carbons (Fsp3) is 0.882. The largest absolute Gasteiger partial charge is 0.472 e. The zero-order chi connectivity index (χ0) is 32.9. The molecular formula is C34H67NO8P+. The standard InChI is InChI=1S/C34H66NO8P/c1-6-8-10-12-13-14-15-16-17-18-19-20-21-23-25-27-34(37)43-32(30-40-33(36)26-24-22-11-9-7-2)31-42-44(38,39)41-29-28-35(3,4)5/h16-17,32H,6-15,18-31H2,1-5H3/p+1/b17-16-/t32-/m0/s1. The number of allylic oxidation sites excluding steroid dienone is 2. The monoisotopic (exact) mass is 648 g/mol. The van der Waals surface area contributed by atoms with Crippen LogP contribution in [0, 0.1) is 0 Å². The minimum atomic E-state index is -4.35. The van der Waals surface area contributed by atoms with Crippen LogP contribution in [0.3, 0.4) is 0 Å². The van der Waals surface area contributed by atoms with Crippen molar-refractivity contribution in [2.75, 3.05) is 47.5 Å². The fourth-order valence-electron chi connectivity index (χ4n) is 4.48. The molecule has 1 N–H and O–H groups in total. The van der Waals surface area contributed by atoms with Crippen LogP contribution in [0.1, 0.15) is 142 Å². The lowest BCUT2D eigenvalue weighted by molar-refractivity contribution is -0.870. The molecule has 0 aromatic carbocycles. The van der Waals surface area contributed by atoms with Crippen molar-refractivity contribution in [2.24, 2.45) is 0 Å². The van der Waals surface area contributed by atoms with Crippen molar-refractivity contribution in [2.45, 2.75) is 148 Å². The third kappa shape index (κ3) is 30.8. The highest BCUT2D eigenvalue weighted by Gasteiger charge is 2.27. The minimum absolute atomic E-state index is 0.0320. The number of rotatable bonds is 31. The molecule has 2 atom stereocenters. The average Bonchev–Trinajstić information content (AvgIpc) is 2.95. The molecule has 10 heteroatoms. The lowest BCUT2D eigenvalue weighted by Gasteiger charge is -2.24. The Kier molecular flexibility index (Phi) is 27.2. The molecule has 0 amide bonds. The van der Waals surface area contributed by atoms with E-state index in [9.17, 15) is 19.0 Å². The SMILES string of the molecule is CCCCCCCC/C=C\CCCCCCCC(=O)O[C@@H](COC(=O)CCCCCCC)COP(=O)(O)OCC[N+](C)(C)C. The van der Waals surface area contributed by atoms with Crippen molar-refractivity contribution in [3.05, 3.63) is 12.2 Å². The predicted molar refractivity (Wildman–Crippen MR) is 178 cm³/mol. The summed E-state index contributed by atoms with van der Waals surface area (Å²) in [5.41, 5.74) is 0. The number of ether oxygens (including phenoxy) is 2. The van der Waals surface area contributed by atoms with Crippen molar-refractivity contribution in [3.8, 4) is 0 Å². The van der Waals surface area contributed by atoms with Gasteiger partial charge < -0.3 is 18.9 Å². The van der Waals surface area contributed by atoms with Crippen LogP contribution < -0.4 is 0 Å². The molecule has 0 rings (SSSR count). The summed E-state index contributed by atoms with van der Waals surface area (Å²) in [6, 6.07) is 0. The highest BCUT2D eigenvalue weighted by Crippen LogP contribution is 2.43. The maximum Gasteiger partial charge on any atom is 0.472 e. The van der Waals surface area contributed by atoms with Crippen LogP contribution in [0.2, 0.25) is 0 Å². The van der Waals surface area contributed by atoms with Crippen LogP contribution in [0.15, 0.2) is 12.2 Å². The van der Waals surface area contributed by atoms with E-state index in [0.29, 0.717) is 17.4 Å². The van der Waals surface area contributed by atoms with Gasteiger partial charge in [0.2, 0.25) is 0 Å². The molecule has 0 fully saturated rings. The van der Waals surface area contributed by atoms with Gasteiger partial charge >= 0.3 is 19.8 Å². The van der Waals surface area contributed by atoms with Crippen LogP contribution in [0.4, 0.5) is 0 Å². The summed E-state index contributed by atoms with van der Waals surface area (Å²) in [6.45, 7) is 4.29. The number of hydrogen-bond donors (Lipinski definition) is 1. The van der Waals surface area contributed by atoms with Gasteiger partial charge in [-0.2, -0.15) is 0 Å². The summed E-state index contributed by atoms with van der Waals surface area (Å²) < 4.78 is 33.9. The second-order valence-corrected chi connectivity index (χ2v) is 14.4. The molecule has 0 saturated carbocycles. The molecule has 0 aliphatic carbocycles. The average molecular weight is 649 g/mol. The summed E-state index contributed by atoms with van der Waals surface area (Å²) in [7, 11) is 1.47. The number of esters is 2. The third-order valence-electron chi connectivity index (χ3n) is 7.30. The normalized spacial score (nSPS) is 14.0. The Labute approximate surface area is 269 Å². The summed E-state index contributed by atoms with van der Waals surface area (Å²) in [5, 5.41) is 0. The summed E-state index contributed by atoms with van der Waals surface area (Å²) in [4.78, 5) is 34.8. The maximum atomic E-state index is 12.5. The first kappa shape index (κ1) is 42.8. The van der Waals surface area contributed by atoms with E-state index in [-0.39, 0.29) is 32.0 Å². The van der Waals surface area contributed by atoms with Gasteiger partial charge in [0.25, 0.3) is 0 Å². The van der Waals surface area contributed by atoms with E-state index in [1.165, 1.54) is 44.9 Å². The molecule has 0 saturated heterocycles. The number of carbonyl (C=O) groups excluding carboxylic acids is 2. The predicted octanol–water partition coefficient (Wildman–Crippen LogP) is 8.68. The first-order valence-electron chi connectivity index (χ1n) is 17.4. The van der Waals surface area contributed by atoms with Gasteiger partial charge in [0.1, 0.15) is 19.8 Å². The second kappa shape index (κ2) is 28.0. The number of carbonyl (C=O) groups is 2. The Morgan fingerprint density at radius 2 is 1.16 bits per heavy atom. The van der Waals surface area contributed by atoms with E-state index in [1.807, 2.05) is 21.1 Å². The van der Waals surface area contributed by atoms with Gasteiger partial charge in [-0.05, 0) is 38.5 Å². The summed E-state index contributed by atoms with van der Waals surface area (Å²) in [6.07, 6.45) is 24.4. The molecule has 9 nitrogen and oxygen atoms in total. The first-order valence-corrected chi connectivity index (χ1v) is 18.9. The lowest BCUT2D eigenvalue weighted by atomic mass is 10.1. The Morgan fingerprint density at radius 1 is 0.682 bits per heavy atom. The van der Waals surface area contributed by atoms with Crippen LogP contribution >= 0.6 is 7.82 Å². The maximum absolute atomic E-state index is 12.5. The van der Waals surface area contributed by atoms with Gasteiger partial charge in [-0.1, -0.05) is 103 Å². The number of hydrogen-bond acceptors (Lipinski definition) is 7. The van der Waals surface area contributed by atoms with Gasteiger partial charge in [-0.15, -0.1) is 0 Å². The van der Waals surface area contributed by atoms with Crippen LogP contribution in [0.25, 0.3) is 0 Å². The molecule has 0 heterocycles. The number of nitrogens with zero attached hydrogens (tertiary/aromatic N) is 1. The minimum Gasteiger partial charge on any atom is -0.462 e. The van der Waals surface area contributed by atoms with Gasteiger partial charge in [0.15, 0.2) is 6.10 Å². The first-order chi connectivity index (χ1) is 21.0.